The molecule has 0 heterocycles. The summed E-state index contributed by atoms with van der Waals surface area (Å²) in [6.07, 6.45) is 2.63. The van der Waals surface area contributed by atoms with Crippen molar-refractivity contribution in [3.8, 4) is 0 Å². The summed E-state index contributed by atoms with van der Waals surface area (Å²) in [5.74, 6) is 0. The van der Waals surface area contributed by atoms with Gasteiger partial charge in [-0.15, -0.1) is 0 Å². The van der Waals surface area contributed by atoms with Crippen LogP contribution in [0.15, 0.2) is 0 Å². The molecule has 0 amide bonds. The zero-order chi connectivity index (χ0) is 14.7. The van der Waals surface area contributed by atoms with Gasteiger partial charge in [0.1, 0.15) is 0 Å². The van der Waals surface area contributed by atoms with Crippen molar-refractivity contribution in [1.29, 1.82) is 0 Å². The topological polar surface area (TPSA) is 15.3 Å². The number of hydrogen-bond acceptors (Lipinski definition) is 2. The molecule has 0 unspecified atom stereocenters. The Balaban J connectivity index is -0.000000280. The van der Waals surface area contributed by atoms with E-state index >= 15 is 0 Å². The van der Waals surface area contributed by atoms with E-state index in [2.05, 4.69) is 72.5 Å². The van der Waals surface area contributed by atoms with E-state index in [9.17, 15) is 0 Å². The molecule has 0 radical (unpaired) electrons. The largest absolute Gasteiger partial charge is 2.00 e. The van der Waals surface area contributed by atoms with Gasteiger partial charge >= 0.3 is 23.1 Å². The standard InChI is InChI=1S/C10H23N.C6H15N.Mg/c1-6-7-8-11(9(2)3)10(4)5;1-5(2)7-6(3)4;/h9-10H,6-8H2,1-5H3;5-7H,1-4H3;/q;;+2. The molecule has 0 rings (SSSR count). The maximum atomic E-state index is 3.31. The van der Waals surface area contributed by atoms with Crippen molar-refractivity contribution in [3.05, 3.63) is 0 Å². The van der Waals surface area contributed by atoms with E-state index in [4.69, 9.17) is 0 Å². The van der Waals surface area contributed by atoms with Crippen molar-refractivity contribution in [3.63, 3.8) is 0 Å². The maximum Gasteiger partial charge on any atom is 2.00 e. The maximum absolute atomic E-state index is 3.31. The molecule has 0 spiro atoms. The van der Waals surface area contributed by atoms with Gasteiger partial charge in [0.15, 0.2) is 0 Å². The van der Waals surface area contributed by atoms with Gasteiger partial charge in [-0.2, -0.15) is 0 Å². The van der Waals surface area contributed by atoms with Crippen molar-refractivity contribution in [2.45, 2.75) is 99.3 Å². The van der Waals surface area contributed by atoms with Gasteiger partial charge in [0, 0.05) is 24.2 Å². The molecule has 0 aliphatic carbocycles. The fourth-order valence-corrected chi connectivity index (χ4v) is 2.12. The van der Waals surface area contributed by atoms with Crippen LogP contribution in [0.1, 0.15) is 75.2 Å². The Morgan fingerprint density at radius 3 is 1.32 bits per heavy atom. The third-order valence-corrected chi connectivity index (χ3v) is 2.76. The van der Waals surface area contributed by atoms with E-state index in [0.29, 0.717) is 24.2 Å². The molecule has 19 heavy (non-hydrogen) atoms. The molecule has 0 atom stereocenters. The SMILES string of the molecule is CC(C)NC(C)C.CCCCN(C(C)C)C(C)C.[Mg+2]. The number of rotatable bonds is 7. The van der Waals surface area contributed by atoms with E-state index in [1.807, 2.05) is 0 Å². The van der Waals surface area contributed by atoms with Crippen LogP contribution in [0.5, 0.6) is 0 Å². The summed E-state index contributed by atoms with van der Waals surface area (Å²) in [6.45, 7) is 21.2. The Morgan fingerprint density at radius 2 is 1.16 bits per heavy atom. The van der Waals surface area contributed by atoms with Gasteiger partial charge in [-0.05, 0) is 40.7 Å². The summed E-state index contributed by atoms with van der Waals surface area (Å²) in [5.41, 5.74) is 0. The first kappa shape index (κ1) is 24.7. The van der Waals surface area contributed by atoms with E-state index < -0.39 is 0 Å². The Labute approximate surface area is 139 Å². The fourth-order valence-electron chi connectivity index (χ4n) is 2.12. The molecule has 3 heteroatoms. The molecule has 0 saturated carbocycles. The van der Waals surface area contributed by atoms with Crippen molar-refractivity contribution in [2.24, 2.45) is 0 Å². The summed E-state index contributed by atoms with van der Waals surface area (Å²) < 4.78 is 0. The monoisotopic (exact) mass is 282 g/mol. The number of nitrogens with one attached hydrogen (secondary N) is 1. The van der Waals surface area contributed by atoms with Crippen molar-refractivity contribution in [2.75, 3.05) is 6.54 Å². The van der Waals surface area contributed by atoms with Crippen LogP contribution in [0.3, 0.4) is 0 Å². The van der Waals surface area contributed by atoms with Gasteiger partial charge in [0.2, 0.25) is 0 Å². The summed E-state index contributed by atoms with van der Waals surface area (Å²) in [7, 11) is 0. The smallest absolute Gasteiger partial charge is 0.312 e. The molecular weight excluding hydrogens is 244 g/mol. The van der Waals surface area contributed by atoms with Crippen LogP contribution in [-0.2, 0) is 0 Å². The summed E-state index contributed by atoms with van der Waals surface area (Å²) >= 11 is 0. The van der Waals surface area contributed by atoms with Crippen LogP contribution in [0.4, 0.5) is 0 Å². The first-order valence-corrected chi connectivity index (χ1v) is 7.74. The minimum Gasteiger partial charge on any atom is -0.312 e. The van der Waals surface area contributed by atoms with Crippen LogP contribution in [0.2, 0.25) is 0 Å². The zero-order valence-corrected chi connectivity index (χ0v) is 16.5. The molecule has 0 aliphatic rings. The molecule has 112 valence electrons. The summed E-state index contributed by atoms with van der Waals surface area (Å²) in [5, 5.41) is 3.31. The van der Waals surface area contributed by atoms with Crippen LogP contribution in [0.25, 0.3) is 0 Å². The van der Waals surface area contributed by atoms with Crippen molar-refractivity contribution < 1.29 is 0 Å². The number of unbranched alkanes of at least 4 members (excludes halogenated alkanes) is 1. The average molecular weight is 283 g/mol. The Hall–Kier alpha value is 0.686. The molecule has 0 aromatic rings. The molecule has 0 fully saturated rings. The predicted octanol–water partition coefficient (Wildman–Crippen LogP) is 3.92. The molecule has 1 N–H and O–H groups in total. The van der Waals surface area contributed by atoms with Gasteiger partial charge in [0.25, 0.3) is 0 Å². The minimum atomic E-state index is 0. The van der Waals surface area contributed by atoms with Gasteiger partial charge in [0.05, 0.1) is 0 Å². The molecule has 0 aliphatic heterocycles. The summed E-state index contributed by atoms with van der Waals surface area (Å²) in [6, 6.07) is 2.64. The Morgan fingerprint density at radius 1 is 0.789 bits per heavy atom. The van der Waals surface area contributed by atoms with Gasteiger partial charge < -0.3 is 5.32 Å². The molecule has 0 aromatic carbocycles. The van der Waals surface area contributed by atoms with Crippen LogP contribution in [-0.4, -0.2) is 58.7 Å². The predicted molar refractivity (Wildman–Crippen MR) is 91.0 cm³/mol. The van der Waals surface area contributed by atoms with Crippen molar-refractivity contribution in [1.82, 2.24) is 10.2 Å². The quantitative estimate of drug-likeness (QED) is 0.712. The first-order chi connectivity index (χ1) is 8.22. The third kappa shape index (κ3) is 18.7. The second-order valence-corrected chi connectivity index (χ2v) is 6.25. The molecule has 0 aromatic heterocycles. The third-order valence-electron chi connectivity index (χ3n) is 2.76. The van der Waals surface area contributed by atoms with E-state index in [0.717, 1.165) is 0 Å². The van der Waals surface area contributed by atoms with E-state index in [1.165, 1.54) is 19.4 Å². The second kappa shape index (κ2) is 15.1. The molecule has 2 nitrogen and oxygen atoms in total. The number of hydrogen-bond donors (Lipinski definition) is 1. The Bertz CT molecular complexity index is 154. The van der Waals surface area contributed by atoms with Gasteiger partial charge in [-0.3, -0.25) is 4.90 Å². The van der Waals surface area contributed by atoms with Crippen LogP contribution < -0.4 is 5.32 Å². The van der Waals surface area contributed by atoms with Crippen LogP contribution in [0, 0.1) is 0 Å². The van der Waals surface area contributed by atoms with E-state index in [-0.39, 0.29) is 23.1 Å². The van der Waals surface area contributed by atoms with Crippen LogP contribution >= 0.6 is 0 Å². The average Bonchev–Trinajstić information content (AvgIpc) is 2.15. The normalized spacial score (nSPS) is 11.1. The number of nitrogens with zero attached hydrogens (tertiary/aromatic N) is 1. The minimum absolute atomic E-state index is 0. The first-order valence-electron chi connectivity index (χ1n) is 7.74. The van der Waals surface area contributed by atoms with Crippen molar-refractivity contribution >= 4 is 23.1 Å². The fraction of sp³-hybridized carbons (Fsp3) is 1.00. The molecule has 0 saturated heterocycles. The Kier molecular flexibility index (Phi) is 19.6. The molecule has 0 bridgehead atoms. The van der Waals surface area contributed by atoms with Gasteiger partial charge in [-0.25, -0.2) is 0 Å². The van der Waals surface area contributed by atoms with Gasteiger partial charge in [-0.1, -0.05) is 41.0 Å². The summed E-state index contributed by atoms with van der Waals surface area (Å²) in [4.78, 5) is 2.55. The molecular formula is C16H38MgN2+2. The zero-order valence-electron chi connectivity index (χ0n) is 15.1. The van der Waals surface area contributed by atoms with E-state index in [1.54, 1.807) is 0 Å². The second-order valence-electron chi connectivity index (χ2n) is 6.25.